The van der Waals surface area contributed by atoms with E-state index >= 15 is 0 Å². The number of methoxy groups -OCH3 is 1. The van der Waals surface area contributed by atoms with Gasteiger partial charge in [-0.3, -0.25) is 0 Å². The van der Waals surface area contributed by atoms with Gasteiger partial charge in [-0.2, -0.15) is 0 Å². The molecule has 1 aromatic heterocycles. The predicted octanol–water partition coefficient (Wildman–Crippen LogP) is 2.49. The Hall–Kier alpha value is -1.97. The van der Waals surface area contributed by atoms with Crippen LogP contribution in [0.5, 0.6) is 5.75 Å². The van der Waals surface area contributed by atoms with E-state index in [9.17, 15) is 0 Å². The summed E-state index contributed by atoms with van der Waals surface area (Å²) in [5.41, 5.74) is 8.66. The molecule has 0 atom stereocenters. The van der Waals surface area contributed by atoms with Crippen molar-refractivity contribution in [3.63, 3.8) is 0 Å². The fraction of sp³-hybridized carbons (Fsp3) is 0.250. The maximum Gasteiger partial charge on any atom is 0.229 e. The Morgan fingerprint density at radius 1 is 1.38 bits per heavy atom. The number of ether oxygens (including phenoxy) is 1. The number of hydrogen-bond acceptors (Lipinski definition) is 4. The van der Waals surface area contributed by atoms with E-state index in [-0.39, 0.29) is 0 Å². The van der Waals surface area contributed by atoms with Gasteiger partial charge < -0.3 is 15.0 Å². The smallest absolute Gasteiger partial charge is 0.229 e. The lowest BCUT2D eigenvalue weighted by Gasteiger charge is -2.11. The van der Waals surface area contributed by atoms with Gasteiger partial charge in [0.25, 0.3) is 0 Å². The van der Waals surface area contributed by atoms with Gasteiger partial charge in [0.05, 0.1) is 18.9 Å². The lowest BCUT2D eigenvalue weighted by Crippen LogP contribution is -1.94. The molecule has 0 unspecified atom stereocenters. The first-order valence-corrected chi connectivity index (χ1v) is 5.14. The number of anilines is 1. The van der Waals surface area contributed by atoms with Gasteiger partial charge in [-0.15, -0.1) is 0 Å². The summed E-state index contributed by atoms with van der Waals surface area (Å²) in [5, 5.41) is 3.69. The molecule has 16 heavy (non-hydrogen) atoms. The number of nitrogens with zero attached hydrogens (tertiary/aromatic N) is 1. The second-order valence-corrected chi connectivity index (χ2v) is 3.44. The van der Waals surface area contributed by atoms with Gasteiger partial charge in [0.1, 0.15) is 5.75 Å². The first-order chi connectivity index (χ1) is 7.77. The topological polar surface area (TPSA) is 61.3 Å². The van der Waals surface area contributed by atoms with E-state index in [0.29, 0.717) is 5.88 Å². The number of nitrogen functional groups attached to an aromatic ring is 1. The molecule has 0 aliphatic carbocycles. The number of benzene rings is 1. The zero-order valence-electron chi connectivity index (χ0n) is 9.36. The zero-order valence-corrected chi connectivity index (χ0v) is 9.36. The standard InChI is InChI=1S/C12H14N2O2/c1-3-8-9(5-4-6-11(8)15-2)10-7-14-16-12(10)13/h4-7H,3,13H2,1-2H3. The molecule has 0 bridgehead atoms. The molecule has 4 heteroatoms. The highest BCUT2D eigenvalue weighted by atomic mass is 16.5. The summed E-state index contributed by atoms with van der Waals surface area (Å²) < 4.78 is 10.2. The highest BCUT2D eigenvalue weighted by molar-refractivity contribution is 5.76. The largest absolute Gasteiger partial charge is 0.496 e. The van der Waals surface area contributed by atoms with Crippen molar-refractivity contribution in [2.45, 2.75) is 13.3 Å². The normalized spacial score (nSPS) is 10.4. The predicted molar refractivity (Wildman–Crippen MR) is 62.3 cm³/mol. The highest BCUT2D eigenvalue weighted by Gasteiger charge is 2.13. The van der Waals surface area contributed by atoms with Gasteiger partial charge in [0.15, 0.2) is 0 Å². The van der Waals surface area contributed by atoms with Crippen LogP contribution in [0.2, 0.25) is 0 Å². The van der Waals surface area contributed by atoms with E-state index in [4.69, 9.17) is 15.0 Å². The SMILES string of the molecule is CCc1c(OC)cccc1-c1cnoc1N. The number of rotatable bonds is 3. The summed E-state index contributed by atoms with van der Waals surface area (Å²) in [5.74, 6) is 1.20. The number of aromatic nitrogens is 1. The Morgan fingerprint density at radius 2 is 2.19 bits per heavy atom. The van der Waals surface area contributed by atoms with Crippen LogP contribution in [0.1, 0.15) is 12.5 Å². The fourth-order valence-corrected chi connectivity index (χ4v) is 1.82. The van der Waals surface area contributed by atoms with Crippen molar-refractivity contribution in [3.05, 3.63) is 30.0 Å². The molecular formula is C12H14N2O2. The molecule has 0 fully saturated rings. The molecule has 2 rings (SSSR count). The van der Waals surface area contributed by atoms with Crippen molar-refractivity contribution in [3.8, 4) is 16.9 Å². The highest BCUT2D eigenvalue weighted by Crippen LogP contribution is 2.33. The summed E-state index contributed by atoms with van der Waals surface area (Å²) in [4.78, 5) is 0. The molecular weight excluding hydrogens is 204 g/mol. The van der Waals surface area contributed by atoms with Gasteiger partial charge in [0.2, 0.25) is 5.88 Å². The van der Waals surface area contributed by atoms with Gasteiger partial charge in [-0.1, -0.05) is 24.2 Å². The molecule has 0 saturated heterocycles. The monoisotopic (exact) mass is 218 g/mol. The minimum absolute atomic E-state index is 0.336. The van der Waals surface area contributed by atoms with Crippen molar-refractivity contribution in [2.24, 2.45) is 0 Å². The molecule has 2 N–H and O–H groups in total. The fourth-order valence-electron chi connectivity index (χ4n) is 1.82. The zero-order chi connectivity index (χ0) is 11.5. The third kappa shape index (κ3) is 1.62. The van der Waals surface area contributed by atoms with Crippen LogP contribution in [0, 0.1) is 0 Å². The van der Waals surface area contributed by atoms with Crippen molar-refractivity contribution < 1.29 is 9.26 Å². The Balaban J connectivity index is 2.61. The summed E-state index contributed by atoms with van der Waals surface area (Å²) in [7, 11) is 1.66. The van der Waals surface area contributed by atoms with Crippen LogP contribution in [-0.4, -0.2) is 12.3 Å². The van der Waals surface area contributed by atoms with Crippen molar-refractivity contribution in [1.29, 1.82) is 0 Å². The molecule has 1 heterocycles. The quantitative estimate of drug-likeness (QED) is 0.859. The molecule has 0 amide bonds. The molecule has 0 saturated carbocycles. The lowest BCUT2D eigenvalue weighted by molar-refractivity contribution is 0.410. The summed E-state index contributed by atoms with van der Waals surface area (Å²) in [6.07, 6.45) is 2.49. The molecule has 0 radical (unpaired) electrons. The summed E-state index contributed by atoms with van der Waals surface area (Å²) in [6.45, 7) is 2.07. The Kier molecular flexibility index (Phi) is 2.81. The first kappa shape index (κ1) is 10.5. The van der Waals surface area contributed by atoms with Crippen molar-refractivity contribution in [1.82, 2.24) is 5.16 Å². The second-order valence-electron chi connectivity index (χ2n) is 3.44. The van der Waals surface area contributed by atoms with E-state index in [1.54, 1.807) is 13.3 Å². The molecule has 0 aliphatic rings. The van der Waals surface area contributed by atoms with E-state index in [0.717, 1.165) is 28.9 Å². The van der Waals surface area contributed by atoms with Crippen LogP contribution in [-0.2, 0) is 6.42 Å². The van der Waals surface area contributed by atoms with Crippen molar-refractivity contribution in [2.75, 3.05) is 12.8 Å². The third-order valence-corrected chi connectivity index (χ3v) is 2.59. The van der Waals surface area contributed by atoms with Crippen LogP contribution in [0.15, 0.2) is 28.9 Å². The van der Waals surface area contributed by atoms with Gasteiger partial charge in [-0.05, 0) is 18.1 Å². The Labute approximate surface area is 94.0 Å². The van der Waals surface area contributed by atoms with Gasteiger partial charge in [0, 0.05) is 5.56 Å². The molecule has 0 spiro atoms. The van der Waals surface area contributed by atoms with Crippen LogP contribution < -0.4 is 10.5 Å². The van der Waals surface area contributed by atoms with Gasteiger partial charge in [-0.25, -0.2) is 0 Å². The van der Waals surface area contributed by atoms with E-state index in [1.807, 2.05) is 18.2 Å². The summed E-state index contributed by atoms with van der Waals surface area (Å²) in [6, 6.07) is 5.86. The van der Waals surface area contributed by atoms with Crippen LogP contribution in [0.4, 0.5) is 5.88 Å². The molecule has 0 aliphatic heterocycles. The van der Waals surface area contributed by atoms with Gasteiger partial charge >= 0.3 is 0 Å². The van der Waals surface area contributed by atoms with E-state index in [2.05, 4.69) is 12.1 Å². The van der Waals surface area contributed by atoms with Crippen LogP contribution >= 0.6 is 0 Å². The Bertz CT molecular complexity index is 492. The third-order valence-electron chi connectivity index (χ3n) is 2.59. The summed E-state index contributed by atoms with van der Waals surface area (Å²) >= 11 is 0. The second kappa shape index (κ2) is 4.26. The average Bonchev–Trinajstić information content (AvgIpc) is 2.74. The lowest BCUT2D eigenvalue weighted by atomic mass is 9.99. The van der Waals surface area contributed by atoms with E-state index < -0.39 is 0 Å². The number of nitrogens with two attached hydrogens (primary N) is 1. The Morgan fingerprint density at radius 3 is 2.75 bits per heavy atom. The molecule has 1 aromatic carbocycles. The average molecular weight is 218 g/mol. The van der Waals surface area contributed by atoms with Crippen LogP contribution in [0.3, 0.4) is 0 Å². The minimum Gasteiger partial charge on any atom is -0.496 e. The maximum atomic E-state index is 5.72. The van der Waals surface area contributed by atoms with Crippen molar-refractivity contribution >= 4 is 5.88 Å². The minimum atomic E-state index is 0.336. The molecule has 84 valence electrons. The number of hydrogen-bond donors (Lipinski definition) is 1. The molecule has 2 aromatic rings. The van der Waals surface area contributed by atoms with E-state index in [1.165, 1.54) is 0 Å². The maximum absolute atomic E-state index is 5.72. The first-order valence-electron chi connectivity index (χ1n) is 5.14. The molecule has 4 nitrogen and oxygen atoms in total. The van der Waals surface area contributed by atoms with Crippen LogP contribution in [0.25, 0.3) is 11.1 Å².